The van der Waals surface area contributed by atoms with Gasteiger partial charge in [-0.3, -0.25) is 4.79 Å². The SMILES string of the molecule is COC(=O)CN(C)c1ccc(CC(C)C)cc1. The molecule has 0 saturated carbocycles. The lowest BCUT2D eigenvalue weighted by atomic mass is 10.0. The number of likely N-dealkylation sites (N-methyl/N-ethyl adjacent to an activating group) is 1. The second-order valence-electron chi connectivity index (χ2n) is 4.70. The van der Waals surface area contributed by atoms with Crippen molar-refractivity contribution in [1.29, 1.82) is 0 Å². The van der Waals surface area contributed by atoms with Gasteiger partial charge in [0.25, 0.3) is 0 Å². The molecule has 0 radical (unpaired) electrons. The number of nitrogens with zero attached hydrogens (tertiary/aromatic N) is 1. The molecule has 0 aromatic heterocycles. The number of anilines is 1. The van der Waals surface area contributed by atoms with Gasteiger partial charge in [-0.1, -0.05) is 26.0 Å². The highest BCUT2D eigenvalue weighted by Gasteiger charge is 2.07. The molecular weight excluding hydrogens is 214 g/mol. The molecule has 0 saturated heterocycles. The topological polar surface area (TPSA) is 29.5 Å². The molecule has 1 aromatic carbocycles. The first-order valence-electron chi connectivity index (χ1n) is 5.89. The first kappa shape index (κ1) is 13.6. The van der Waals surface area contributed by atoms with Crippen LogP contribution in [-0.4, -0.2) is 26.7 Å². The van der Waals surface area contributed by atoms with Gasteiger partial charge in [0.1, 0.15) is 6.54 Å². The Hall–Kier alpha value is -1.51. The van der Waals surface area contributed by atoms with Gasteiger partial charge >= 0.3 is 5.97 Å². The van der Waals surface area contributed by atoms with E-state index in [2.05, 4.69) is 30.7 Å². The van der Waals surface area contributed by atoms with Crippen molar-refractivity contribution in [3.05, 3.63) is 29.8 Å². The number of benzene rings is 1. The van der Waals surface area contributed by atoms with Crippen LogP contribution < -0.4 is 4.90 Å². The molecule has 3 nitrogen and oxygen atoms in total. The summed E-state index contributed by atoms with van der Waals surface area (Å²) < 4.78 is 4.64. The summed E-state index contributed by atoms with van der Waals surface area (Å²) in [6.45, 7) is 4.69. The Morgan fingerprint density at radius 1 is 1.29 bits per heavy atom. The molecule has 94 valence electrons. The molecule has 0 fully saturated rings. The maximum Gasteiger partial charge on any atom is 0.325 e. The summed E-state index contributed by atoms with van der Waals surface area (Å²) in [4.78, 5) is 13.0. The summed E-state index contributed by atoms with van der Waals surface area (Å²) in [5, 5.41) is 0. The molecule has 3 heteroatoms. The first-order valence-corrected chi connectivity index (χ1v) is 5.89. The Morgan fingerprint density at radius 2 is 1.88 bits per heavy atom. The van der Waals surface area contributed by atoms with Gasteiger partial charge in [-0.25, -0.2) is 0 Å². The highest BCUT2D eigenvalue weighted by Crippen LogP contribution is 2.15. The lowest BCUT2D eigenvalue weighted by Crippen LogP contribution is -2.26. The van der Waals surface area contributed by atoms with Crippen LogP contribution in [0, 0.1) is 5.92 Å². The zero-order chi connectivity index (χ0) is 12.8. The smallest absolute Gasteiger partial charge is 0.325 e. The Balaban J connectivity index is 2.63. The van der Waals surface area contributed by atoms with E-state index in [0.717, 1.165) is 12.1 Å². The van der Waals surface area contributed by atoms with E-state index in [-0.39, 0.29) is 12.5 Å². The van der Waals surface area contributed by atoms with Gasteiger partial charge in [0.05, 0.1) is 7.11 Å². The molecule has 0 unspecified atom stereocenters. The lowest BCUT2D eigenvalue weighted by molar-refractivity contribution is -0.138. The van der Waals surface area contributed by atoms with Gasteiger partial charge in [0.15, 0.2) is 0 Å². The summed E-state index contributed by atoms with van der Waals surface area (Å²) in [7, 11) is 3.29. The summed E-state index contributed by atoms with van der Waals surface area (Å²) in [6.07, 6.45) is 1.08. The fourth-order valence-electron chi connectivity index (χ4n) is 1.71. The maximum atomic E-state index is 11.1. The maximum absolute atomic E-state index is 11.1. The van der Waals surface area contributed by atoms with Crippen molar-refractivity contribution in [3.63, 3.8) is 0 Å². The molecule has 0 aliphatic heterocycles. The lowest BCUT2D eigenvalue weighted by Gasteiger charge is -2.18. The first-order chi connectivity index (χ1) is 8.02. The van der Waals surface area contributed by atoms with Gasteiger partial charge in [0.2, 0.25) is 0 Å². The average Bonchev–Trinajstić information content (AvgIpc) is 2.28. The van der Waals surface area contributed by atoms with Gasteiger partial charge in [0, 0.05) is 12.7 Å². The monoisotopic (exact) mass is 235 g/mol. The van der Waals surface area contributed by atoms with Crippen molar-refractivity contribution >= 4 is 11.7 Å². The second-order valence-corrected chi connectivity index (χ2v) is 4.70. The van der Waals surface area contributed by atoms with Crippen LogP contribution in [0.25, 0.3) is 0 Å². The van der Waals surface area contributed by atoms with Crippen LogP contribution in [0.5, 0.6) is 0 Å². The molecule has 0 aliphatic rings. The van der Waals surface area contributed by atoms with Crippen LogP contribution in [0.1, 0.15) is 19.4 Å². The van der Waals surface area contributed by atoms with Gasteiger partial charge in [-0.2, -0.15) is 0 Å². The van der Waals surface area contributed by atoms with E-state index in [1.54, 1.807) is 0 Å². The third-order valence-corrected chi connectivity index (χ3v) is 2.62. The molecule has 0 aliphatic carbocycles. The largest absolute Gasteiger partial charge is 0.468 e. The van der Waals surface area contributed by atoms with Gasteiger partial charge < -0.3 is 9.64 Å². The molecule has 1 aromatic rings. The zero-order valence-electron chi connectivity index (χ0n) is 11.1. The minimum absolute atomic E-state index is 0.223. The quantitative estimate of drug-likeness (QED) is 0.734. The molecule has 0 N–H and O–H groups in total. The van der Waals surface area contributed by atoms with Crippen molar-refractivity contribution in [3.8, 4) is 0 Å². The number of rotatable bonds is 5. The summed E-state index contributed by atoms with van der Waals surface area (Å²) in [6, 6.07) is 8.31. The minimum Gasteiger partial charge on any atom is -0.468 e. The fraction of sp³-hybridized carbons (Fsp3) is 0.500. The number of carbonyl (C=O) groups excluding carboxylic acids is 1. The van der Waals surface area contributed by atoms with Crippen LogP contribution in [0.3, 0.4) is 0 Å². The van der Waals surface area contributed by atoms with E-state index in [1.165, 1.54) is 12.7 Å². The molecule has 0 amide bonds. The van der Waals surface area contributed by atoms with Crippen molar-refractivity contribution in [2.24, 2.45) is 5.92 Å². The Kier molecular flexibility index (Phi) is 5.01. The number of hydrogen-bond acceptors (Lipinski definition) is 3. The van der Waals surface area contributed by atoms with E-state index in [1.807, 2.05) is 24.1 Å². The molecule has 0 spiro atoms. The molecule has 17 heavy (non-hydrogen) atoms. The highest BCUT2D eigenvalue weighted by atomic mass is 16.5. The number of hydrogen-bond donors (Lipinski definition) is 0. The minimum atomic E-state index is -0.223. The van der Waals surface area contributed by atoms with Crippen LogP contribution in [0.4, 0.5) is 5.69 Å². The summed E-state index contributed by atoms with van der Waals surface area (Å²) >= 11 is 0. The Bertz CT molecular complexity index is 357. The fourth-order valence-corrected chi connectivity index (χ4v) is 1.71. The van der Waals surface area contributed by atoms with E-state index >= 15 is 0 Å². The predicted octanol–water partition coefficient (Wildman–Crippen LogP) is 2.49. The van der Waals surface area contributed by atoms with Crippen molar-refractivity contribution in [1.82, 2.24) is 0 Å². The molecule has 0 heterocycles. The normalized spacial score (nSPS) is 10.4. The van der Waals surface area contributed by atoms with Crippen molar-refractivity contribution in [2.45, 2.75) is 20.3 Å². The van der Waals surface area contributed by atoms with E-state index in [4.69, 9.17) is 0 Å². The Labute approximate surface area is 103 Å². The summed E-state index contributed by atoms with van der Waals surface area (Å²) in [5.74, 6) is 0.437. The molecule has 0 atom stereocenters. The standard InChI is InChI=1S/C14H21NO2/c1-11(2)9-12-5-7-13(8-6-12)15(3)10-14(16)17-4/h5-8,11H,9-10H2,1-4H3. The van der Waals surface area contributed by atoms with Crippen molar-refractivity contribution in [2.75, 3.05) is 25.6 Å². The van der Waals surface area contributed by atoms with Crippen molar-refractivity contribution < 1.29 is 9.53 Å². The predicted molar refractivity (Wildman–Crippen MR) is 70.3 cm³/mol. The van der Waals surface area contributed by atoms with Crippen LogP contribution in [0.2, 0.25) is 0 Å². The van der Waals surface area contributed by atoms with Crippen LogP contribution in [0.15, 0.2) is 24.3 Å². The number of carbonyl (C=O) groups is 1. The molecule has 1 rings (SSSR count). The van der Waals surface area contributed by atoms with E-state index < -0.39 is 0 Å². The van der Waals surface area contributed by atoms with Gasteiger partial charge in [-0.05, 0) is 30.0 Å². The summed E-state index contributed by atoms with van der Waals surface area (Å²) in [5.41, 5.74) is 2.36. The van der Waals surface area contributed by atoms with E-state index in [0.29, 0.717) is 5.92 Å². The second kappa shape index (κ2) is 6.28. The van der Waals surface area contributed by atoms with Crippen LogP contribution in [-0.2, 0) is 16.0 Å². The average molecular weight is 235 g/mol. The highest BCUT2D eigenvalue weighted by molar-refractivity contribution is 5.75. The van der Waals surface area contributed by atoms with E-state index in [9.17, 15) is 4.79 Å². The Morgan fingerprint density at radius 3 is 2.35 bits per heavy atom. The third-order valence-electron chi connectivity index (χ3n) is 2.62. The van der Waals surface area contributed by atoms with Crippen LogP contribution >= 0.6 is 0 Å². The third kappa shape index (κ3) is 4.47. The molecular formula is C14H21NO2. The number of ether oxygens (including phenoxy) is 1. The zero-order valence-corrected chi connectivity index (χ0v) is 11.1. The number of esters is 1. The molecule has 0 bridgehead atoms. The van der Waals surface area contributed by atoms with Gasteiger partial charge in [-0.15, -0.1) is 0 Å². The number of methoxy groups -OCH3 is 1.